The van der Waals surface area contributed by atoms with Crippen molar-refractivity contribution in [2.75, 3.05) is 39.3 Å². The number of aryl methyl sites for hydroxylation is 1. The molecule has 1 amide bonds. The summed E-state index contributed by atoms with van der Waals surface area (Å²) in [5.41, 5.74) is 0.260. The molecular formula is C20H26N4O4S. The Labute approximate surface area is 171 Å². The highest BCUT2D eigenvalue weighted by molar-refractivity contribution is 7.89. The summed E-state index contributed by atoms with van der Waals surface area (Å²) in [5, 5.41) is 3.77. The molecule has 29 heavy (non-hydrogen) atoms. The van der Waals surface area contributed by atoms with E-state index in [1.807, 2.05) is 0 Å². The average molecular weight is 419 g/mol. The lowest BCUT2D eigenvalue weighted by molar-refractivity contribution is 0.0432. The van der Waals surface area contributed by atoms with Crippen LogP contribution in [-0.2, 0) is 10.0 Å². The largest absolute Gasteiger partial charge is 0.361 e. The molecule has 0 N–H and O–H groups in total. The second-order valence-corrected chi connectivity index (χ2v) is 9.55. The molecule has 156 valence electrons. The predicted octanol–water partition coefficient (Wildman–Crippen LogP) is 1.59. The molecule has 0 radical (unpaired) electrons. The molecule has 0 bridgehead atoms. The van der Waals surface area contributed by atoms with Gasteiger partial charge in [0, 0.05) is 32.2 Å². The van der Waals surface area contributed by atoms with E-state index in [0.29, 0.717) is 36.8 Å². The van der Waals surface area contributed by atoms with Crippen LogP contribution in [-0.4, -0.2) is 78.9 Å². The maximum atomic E-state index is 13.3. The molecule has 0 spiro atoms. The fourth-order valence-corrected chi connectivity index (χ4v) is 5.53. The van der Waals surface area contributed by atoms with Gasteiger partial charge in [0.25, 0.3) is 5.91 Å². The van der Waals surface area contributed by atoms with Crippen LogP contribution in [0, 0.1) is 6.92 Å². The molecule has 2 aliphatic rings. The molecule has 4 rings (SSSR count). The highest BCUT2D eigenvalue weighted by Crippen LogP contribution is 2.25. The van der Waals surface area contributed by atoms with Crippen molar-refractivity contribution in [3.63, 3.8) is 0 Å². The molecule has 2 saturated heterocycles. The van der Waals surface area contributed by atoms with E-state index in [0.717, 1.165) is 25.9 Å². The van der Waals surface area contributed by atoms with Crippen molar-refractivity contribution in [1.82, 2.24) is 19.3 Å². The van der Waals surface area contributed by atoms with Gasteiger partial charge in [-0.25, -0.2) is 8.42 Å². The van der Waals surface area contributed by atoms with Crippen LogP contribution in [0.15, 0.2) is 45.8 Å². The van der Waals surface area contributed by atoms with Crippen LogP contribution in [0.2, 0.25) is 0 Å². The Balaban J connectivity index is 1.48. The van der Waals surface area contributed by atoms with E-state index in [-0.39, 0.29) is 17.6 Å². The number of rotatable bonds is 7. The standard InChI is InChI=1S/C20H26N4O4S/c1-16-13-19(21-28-16)20(25)23-14-17(15-23)24(12-11-22-9-5-6-10-22)29(26,27)18-7-3-2-4-8-18/h2-4,7-8,13,17H,5-6,9-12,14-15H2,1H3. The molecule has 0 saturated carbocycles. The Morgan fingerprint density at radius 1 is 1.21 bits per heavy atom. The van der Waals surface area contributed by atoms with E-state index < -0.39 is 10.0 Å². The van der Waals surface area contributed by atoms with E-state index in [1.54, 1.807) is 52.5 Å². The monoisotopic (exact) mass is 418 g/mol. The van der Waals surface area contributed by atoms with Crippen molar-refractivity contribution in [3.05, 3.63) is 47.9 Å². The van der Waals surface area contributed by atoms with Gasteiger partial charge in [-0.15, -0.1) is 0 Å². The summed E-state index contributed by atoms with van der Waals surface area (Å²) in [6.45, 7) is 5.61. The van der Waals surface area contributed by atoms with E-state index in [4.69, 9.17) is 4.52 Å². The van der Waals surface area contributed by atoms with E-state index in [1.165, 1.54) is 0 Å². The van der Waals surface area contributed by atoms with E-state index in [9.17, 15) is 13.2 Å². The number of benzene rings is 1. The zero-order chi connectivity index (χ0) is 20.4. The van der Waals surface area contributed by atoms with Crippen LogP contribution in [0.25, 0.3) is 0 Å². The topological polar surface area (TPSA) is 87.0 Å². The molecule has 2 fully saturated rings. The maximum absolute atomic E-state index is 13.3. The molecular weight excluding hydrogens is 392 g/mol. The molecule has 0 aliphatic carbocycles. The third-order valence-corrected chi connectivity index (χ3v) is 7.55. The first kappa shape index (κ1) is 20.1. The van der Waals surface area contributed by atoms with Gasteiger partial charge in [-0.1, -0.05) is 23.4 Å². The zero-order valence-corrected chi connectivity index (χ0v) is 17.3. The second kappa shape index (κ2) is 8.25. The van der Waals surface area contributed by atoms with Gasteiger partial charge in [-0.3, -0.25) is 4.79 Å². The number of aromatic nitrogens is 1. The SMILES string of the molecule is Cc1cc(C(=O)N2CC(N(CCN3CCCC3)S(=O)(=O)c3ccccc3)C2)no1. The van der Waals surface area contributed by atoms with Crippen LogP contribution in [0.1, 0.15) is 29.1 Å². The molecule has 2 aliphatic heterocycles. The van der Waals surface area contributed by atoms with Crippen LogP contribution in [0.4, 0.5) is 0 Å². The fourth-order valence-electron chi connectivity index (χ4n) is 3.91. The Kier molecular flexibility index (Phi) is 5.71. The summed E-state index contributed by atoms with van der Waals surface area (Å²) < 4.78 is 33.1. The number of likely N-dealkylation sites (tertiary alicyclic amines) is 2. The Morgan fingerprint density at radius 3 is 2.52 bits per heavy atom. The lowest BCUT2D eigenvalue weighted by Gasteiger charge is -2.44. The molecule has 8 nitrogen and oxygen atoms in total. The minimum Gasteiger partial charge on any atom is -0.361 e. The third kappa shape index (κ3) is 4.22. The number of amides is 1. The summed E-state index contributed by atoms with van der Waals surface area (Å²) in [5.74, 6) is 0.346. The van der Waals surface area contributed by atoms with Gasteiger partial charge in [0.2, 0.25) is 10.0 Å². The number of hydrogen-bond acceptors (Lipinski definition) is 6. The first-order valence-electron chi connectivity index (χ1n) is 9.97. The third-order valence-electron chi connectivity index (χ3n) is 5.59. The molecule has 2 aromatic rings. The van der Waals surface area contributed by atoms with Gasteiger partial charge in [-0.2, -0.15) is 4.31 Å². The number of carbonyl (C=O) groups is 1. The van der Waals surface area contributed by atoms with Crippen LogP contribution in [0.5, 0.6) is 0 Å². The number of carbonyl (C=O) groups excluding carboxylic acids is 1. The van der Waals surface area contributed by atoms with Crippen LogP contribution >= 0.6 is 0 Å². The fraction of sp³-hybridized carbons (Fsp3) is 0.500. The van der Waals surface area contributed by atoms with Gasteiger partial charge < -0.3 is 14.3 Å². The normalized spacial score (nSPS) is 18.3. The van der Waals surface area contributed by atoms with Crippen molar-refractivity contribution in [2.24, 2.45) is 0 Å². The minimum absolute atomic E-state index is 0.227. The summed E-state index contributed by atoms with van der Waals surface area (Å²) in [4.78, 5) is 16.7. The van der Waals surface area contributed by atoms with E-state index >= 15 is 0 Å². The molecule has 0 unspecified atom stereocenters. The Morgan fingerprint density at radius 2 is 1.90 bits per heavy atom. The van der Waals surface area contributed by atoms with Crippen molar-refractivity contribution >= 4 is 15.9 Å². The number of sulfonamides is 1. The number of hydrogen-bond donors (Lipinski definition) is 0. The molecule has 1 aromatic carbocycles. The molecule has 3 heterocycles. The number of nitrogens with zero attached hydrogens (tertiary/aromatic N) is 4. The smallest absolute Gasteiger partial charge is 0.276 e. The van der Waals surface area contributed by atoms with Gasteiger partial charge in [0.15, 0.2) is 5.69 Å². The molecule has 9 heteroatoms. The summed E-state index contributed by atoms with van der Waals surface area (Å²) >= 11 is 0. The highest BCUT2D eigenvalue weighted by Gasteiger charge is 2.41. The predicted molar refractivity (Wildman–Crippen MR) is 107 cm³/mol. The van der Waals surface area contributed by atoms with Crippen LogP contribution < -0.4 is 0 Å². The summed E-state index contributed by atoms with van der Waals surface area (Å²) in [6.07, 6.45) is 2.32. The lowest BCUT2D eigenvalue weighted by atomic mass is 10.1. The summed E-state index contributed by atoms with van der Waals surface area (Å²) in [6, 6.07) is 9.87. The minimum atomic E-state index is -3.63. The van der Waals surface area contributed by atoms with Crippen molar-refractivity contribution in [3.8, 4) is 0 Å². The first-order valence-corrected chi connectivity index (χ1v) is 11.4. The highest BCUT2D eigenvalue weighted by atomic mass is 32.2. The van der Waals surface area contributed by atoms with Crippen molar-refractivity contribution in [2.45, 2.75) is 30.7 Å². The van der Waals surface area contributed by atoms with Crippen molar-refractivity contribution < 1.29 is 17.7 Å². The van der Waals surface area contributed by atoms with Gasteiger partial charge in [0.05, 0.1) is 10.9 Å². The first-order chi connectivity index (χ1) is 13.9. The van der Waals surface area contributed by atoms with Crippen molar-refractivity contribution in [1.29, 1.82) is 0 Å². The Hall–Kier alpha value is -2.23. The maximum Gasteiger partial charge on any atom is 0.276 e. The summed E-state index contributed by atoms with van der Waals surface area (Å²) in [7, 11) is -3.63. The molecule has 0 atom stereocenters. The average Bonchev–Trinajstić information content (AvgIpc) is 3.35. The molecule has 1 aromatic heterocycles. The quantitative estimate of drug-likeness (QED) is 0.679. The Bertz CT molecular complexity index is 948. The zero-order valence-electron chi connectivity index (χ0n) is 16.5. The lowest BCUT2D eigenvalue weighted by Crippen LogP contribution is -2.63. The van der Waals surface area contributed by atoms with Crippen LogP contribution in [0.3, 0.4) is 0 Å². The van der Waals surface area contributed by atoms with Gasteiger partial charge >= 0.3 is 0 Å². The van der Waals surface area contributed by atoms with Gasteiger partial charge in [-0.05, 0) is 45.0 Å². The van der Waals surface area contributed by atoms with Gasteiger partial charge in [0.1, 0.15) is 5.76 Å². The van der Waals surface area contributed by atoms with E-state index in [2.05, 4.69) is 10.1 Å². The second-order valence-electron chi connectivity index (χ2n) is 7.66.